The number of thiocarbonyl (C=S) groups is 1. The zero-order valence-electron chi connectivity index (χ0n) is 13.6. The molecule has 25 heavy (non-hydrogen) atoms. The Morgan fingerprint density at radius 1 is 1.48 bits per heavy atom. The van der Waals surface area contributed by atoms with Gasteiger partial charge >= 0.3 is 0 Å². The Kier molecular flexibility index (Phi) is 5.38. The second-order valence-corrected chi connectivity index (χ2v) is 8.04. The fourth-order valence-corrected chi connectivity index (χ4v) is 4.71. The number of halogens is 1. The van der Waals surface area contributed by atoms with Crippen LogP contribution in [-0.2, 0) is 12.8 Å². The van der Waals surface area contributed by atoms with Gasteiger partial charge in [0.15, 0.2) is 5.11 Å². The van der Waals surface area contributed by atoms with Gasteiger partial charge in [0.25, 0.3) is 5.91 Å². The third-order valence-electron chi connectivity index (χ3n) is 4.16. The number of nitrogens with one attached hydrogen (secondary N) is 2. The molecule has 0 spiro atoms. The largest absolute Gasteiger partial charge is 0.323 e. The first-order valence-electron chi connectivity index (χ1n) is 7.90. The molecule has 1 aliphatic rings. The Bertz CT molecular complexity index is 885. The van der Waals surface area contributed by atoms with Gasteiger partial charge in [-0.05, 0) is 61.2 Å². The molecule has 7 heteroatoms. The van der Waals surface area contributed by atoms with Crippen molar-refractivity contribution in [1.29, 1.82) is 5.26 Å². The highest BCUT2D eigenvalue weighted by Gasteiger charge is 2.24. The van der Waals surface area contributed by atoms with E-state index in [-0.39, 0.29) is 11.0 Å². The number of carbonyl (C=O) groups excluding carboxylic acids is 1. The van der Waals surface area contributed by atoms with Gasteiger partial charge in [-0.15, -0.1) is 11.3 Å². The average Bonchev–Trinajstić information content (AvgIpc) is 2.90. The van der Waals surface area contributed by atoms with E-state index in [0.717, 1.165) is 24.8 Å². The fraction of sp³-hybridized carbons (Fsp3) is 0.278. The molecular weight excluding hydrogens is 374 g/mol. The Hall–Kier alpha value is -1.94. The topological polar surface area (TPSA) is 64.9 Å². The maximum atomic E-state index is 12.2. The van der Waals surface area contributed by atoms with E-state index in [1.165, 1.54) is 4.88 Å². The zero-order valence-corrected chi connectivity index (χ0v) is 15.9. The van der Waals surface area contributed by atoms with Gasteiger partial charge < -0.3 is 5.32 Å². The first-order chi connectivity index (χ1) is 12.0. The molecule has 1 amide bonds. The number of benzene rings is 1. The van der Waals surface area contributed by atoms with E-state index in [1.54, 1.807) is 35.6 Å². The van der Waals surface area contributed by atoms with Gasteiger partial charge in [0.05, 0.1) is 5.56 Å². The highest BCUT2D eigenvalue weighted by atomic mass is 35.5. The number of nitrogens with zero attached hydrogens (tertiary/aromatic N) is 1. The van der Waals surface area contributed by atoms with Gasteiger partial charge in [0.1, 0.15) is 11.1 Å². The average molecular weight is 390 g/mol. The van der Waals surface area contributed by atoms with Gasteiger partial charge in [0.2, 0.25) is 0 Å². The van der Waals surface area contributed by atoms with E-state index in [0.29, 0.717) is 27.1 Å². The Balaban J connectivity index is 1.73. The second-order valence-electron chi connectivity index (χ2n) is 6.09. The number of amides is 1. The Morgan fingerprint density at radius 3 is 3.00 bits per heavy atom. The van der Waals surface area contributed by atoms with Crippen LogP contribution in [0.2, 0.25) is 5.02 Å². The van der Waals surface area contributed by atoms with E-state index in [1.807, 2.05) is 0 Å². The van der Waals surface area contributed by atoms with Crippen molar-refractivity contribution in [1.82, 2.24) is 5.32 Å². The van der Waals surface area contributed by atoms with Gasteiger partial charge in [-0.3, -0.25) is 10.1 Å². The van der Waals surface area contributed by atoms with Crippen LogP contribution in [0, 0.1) is 17.2 Å². The summed E-state index contributed by atoms with van der Waals surface area (Å²) in [4.78, 5) is 13.5. The molecule has 0 radical (unpaired) electrons. The van der Waals surface area contributed by atoms with Crippen LogP contribution >= 0.6 is 35.2 Å². The maximum Gasteiger partial charge on any atom is 0.257 e. The molecular formula is C18H16ClN3OS2. The second kappa shape index (κ2) is 7.52. The van der Waals surface area contributed by atoms with Gasteiger partial charge in [-0.25, -0.2) is 0 Å². The predicted octanol–water partition coefficient (Wildman–Crippen LogP) is 4.52. The lowest BCUT2D eigenvalue weighted by molar-refractivity contribution is 0.0977. The number of thiophene rings is 1. The Labute approximate surface area is 160 Å². The van der Waals surface area contributed by atoms with Crippen LogP contribution in [0.1, 0.15) is 39.7 Å². The molecule has 0 bridgehead atoms. The number of rotatable bonds is 2. The van der Waals surface area contributed by atoms with Crippen molar-refractivity contribution in [2.24, 2.45) is 5.92 Å². The number of hydrogen-bond acceptors (Lipinski definition) is 4. The van der Waals surface area contributed by atoms with Gasteiger partial charge in [0, 0.05) is 15.5 Å². The van der Waals surface area contributed by atoms with Crippen molar-refractivity contribution in [3.63, 3.8) is 0 Å². The lowest BCUT2D eigenvalue weighted by atomic mass is 9.89. The van der Waals surface area contributed by atoms with Crippen LogP contribution in [0.25, 0.3) is 0 Å². The van der Waals surface area contributed by atoms with E-state index < -0.39 is 0 Å². The predicted molar refractivity (Wildman–Crippen MR) is 105 cm³/mol. The summed E-state index contributed by atoms with van der Waals surface area (Å²) in [5, 5.41) is 16.5. The van der Waals surface area contributed by atoms with Gasteiger partial charge in [-0.1, -0.05) is 24.6 Å². The molecule has 4 nitrogen and oxygen atoms in total. The minimum Gasteiger partial charge on any atom is -0.323 e. The monoisotopic (exact) mass is 389 g/mol. The smallest absolute Gasteiger partial charge is 0.257 e. The molecule has 1 aromatic carbocycles. The lowest BCUT2D eigenvalue weighted by Gasteiger charge is -2.17. The zero-order chi connectivity index (χ0) is 18.0. The van der Waals surface area contributed by atoms with Crippen molar-refractivity contribution < 1.29 is 4.79 Å². The molecule has 3 rings (SSSR count). The fourth-order valence-electron chi connectivity index (χ4n) is 2.90. The number of carbonyl (C=O) groups is 1. The molecule has 1 atom stereocenters. The first kappa shape index (κ1) is 17.9. The molecule has 128 valence electrons. The summed E-state index contributed by atoms with van der Waals surface area (Å²) in [5.41, 5.74) is 2.19. The minimum atomic E-state index is -0.339. The maximum absolute atomic E-state index is 12.2. The van der Waals surface area contributed by atoms with Crippen LogP contribution in [0.3, 0.4) is 0 Å². The quantitative estimate of drug-likeness (QED) is 0.741. The van der Waals surface area contributed by atoms with Crippen molar-refractivity contribution >= 4 is 51.2 Å². The minimum absolute atomic E-state index is 0.174. The number of fused-ring (bicyclic) bond motifs is 1. The highest BCUT2D eigenvalue weighted by Crippen LogP contribution is 2.39. The number of anilines is 1. The third-order valence-corrected chi connectivity index (χ3v) is 5.77. The van der Waals surface area contributed by atoms with Crippen LogP contribution in [-0.4, -0.2) is 11.0 Å². The summed E-state index contributed by atoms with van der Waals surface area (Å²) in [7, 11) is 0. The standard InChI is InChI=1S/C18H16ClN3OS2/c1-10-5-6-13-14(9-20)17(25-15(13)7-10)22-18(24)21-16(23)11-3-2-4-12(19)8-11/h2-4,8,10H,5-7H2,1H3,(H2,21,22,23,24). The molecule has 0 fully saturated rings. The van der Waals surface area contributed by atoms with Gasteiger partial charge in [-0.2, -0.15) is 5.26 Å². The third kappa shape index (κ3) is 4.01. The van der Waals surface area contributed by atoms with Crippen LogP contribution in [0.5, 0.6) is 0 Å². The van der Waals surface area contributed by atoms with Crippen molar-refractivity contribution in [3.05, 3.63) is 50.9 Å². The summed E-state index contributed by atoms with van der Waals surface area (Å²) < 4.78 is 0. The molecule has 0 saturated heterocycles. The molecule has 2 N–H and O–H groups in total. The molecule has 2 aromatic rings. The van der Waals surface area contributed by atoms with Crippen molar-refractivity contribution in [3.8, 4) is 6.07 Å². The van der Waals surface area contributed by atoms with Crippen LogP contribution in [0.15, 0.2) is 24.3 Å². The van der Waals surface area contributed by atoms with Crippen molar-refractivity contribution in [2.45, 2.75) is 26.2 Å². The van der Waals surface area contributed by atoms with Crippen LogP contribution < -0.4 is 10.6 Å². The molecule has 0 aliphatic heterocycles. The van der Waals surface area contributed by atoms with E-state index in [2.05, 4.69) is 23.6 Å². The van der Waals surface area contributed by atoms with Crippen molar-refractivity contribution in [2.75, 3.05) is 5.32 Å². The normalized spacial score (nSPS) is 15.8. The molecule has 1 unspecified atom stereocenters. The highest BCUT2D eigenvalue weighted by molar-refractivity contribution is 7.80. The first-order valence-corrected chi connectivity index (χ1v) is 9.50. The van der Waals surface area contributed by atoms with E-state index in [9.17, 15) is 10.1 Å². The summed E-state index contributed by atoms with van der Waals surface area (Å²) in [6.45, 7) is 2.22. The summed E-state index contributed by atoms with van der Waals surface area (Å²) in [6, 6.07) is 8.92. The summed E-state index contributed by atoms with van der Waals surface area (Å²) >= 11 is 12.7. The number of nitriles is 1. The summed E-state index contributed by atoms with van der Waals surface area (Å²) in [5.74, 6) is 0.286. The molecule has 1 aromatic heterocycles. The van der Waals surface area contributed by atoms with E-state index in [4.69, 9.17) is 23.8 Å². The Morgan fingerprint density at radius 2 is 2.28 bits per heavy atom. The molecule has 1 heterocycles. The lowest BCUT2D eigenvalue weighted by Crippen LogP contribution is -2.34. The molecule has 0 saturated carbocycles. The molecule has 1 aliphatic carbocycles. The number of hydrogen-bond donors (Lipinski definition) is 2. The van der Waals surface area contributed by atoms with Crippen LogP contribution in [0.4, 0.5) is 5.00 Å². The SMILES string of the molecule is CC1CCc2c(sc(NC(=S)NC(=O)c3cccc(Cl)c3)c2C#N)C1. The summed E-state index contributed by atoms with van der Waals surface area (Å²) in [6.07, 6.45) is 2.99. The van der Waals surface area contributed by atoms with E-state index >= 15 is 0 Å².